The maximum Gasteiger partial charge on any atom is 0.330 e. The lowest BCUT2D eigenvalue weighted by Gasteiger charge is -2.09. The number of nitrogens with zero attached hydrogens (tertiary/aromatic N) is 4. The van der Waals surface area contributed by atoms with Gasteiger partial charge in [-0.05, 0) is 24.0 Å². The van der Waals surface area contributed by atoms with Crippen molar-refractivity contribution in [2.75, 3.05) is 13.7 Å². The van der Waals surface area contributed by atoms with Crippen LogP contribution in [-0.2, 0) is 9.53 Å². The second kappa shape index (κ2) is 11.1. The first-order valence-electron chi connectivity index (χ1n) is 9.00. The van der Waals surface area contributed by atoms with E-state index >= 15 is 0 Å². The highest BCUT2D eigenvalue weighted by Crippen LogP contribution is 2.13. The van der Waals surface area contributed by atoms with Crippen molar-refractivity contribution in [3.63, 3.8) is 0 Å². The van der Waals surface area contributed by atoms with Crippen molar-refractivity contribution in [3.05, 3.63) is 79.9 Å². The zero-order valence-electron chi connectivity index (χ0n) is 16.2. The van der Waals surface area contributed by atoms with Gasteiger partial charge < -0.3 is 4.74 Å². The molecule has 0 aliphatic rings. The molecule has 1 atom stereocenters. The molecule has 30 heavy (non-hydrogen) atoms. The molecule has 2 aromatic carbocycles. The van der Waals surface area contributed by atoms with Gasteiger partial charge in [0.15, 0.2) is 0 Å². The molecular weight excluding hydrogens is 392 g/mol. The summed E-state index contributed by atoms with van der Waals surface area (Å²) < 4.78 is 4.76. The molecule has 2 aromatic rings. The summed E-state index contributed by atoms with van der Waals surface area (Å²) in [4.78, 5) is 41.0. The summed E-state index contributed by atoms with van der Waals surface area (Å²) in [6, 6.07) is 11.3. The molecule has 0 radical (unpaired) electrons. The highest BCUT2D eigenvalue weighted by molar-refractivity contribution is 5.84. The second-order valence-corrected chi connectivity index (χ2v) is 6.20. The predicted molar refractivity (Wildman–Crippen MR) is 111 cm³/mol. The van der Waals surface area contributed by atoms with E-state index in [1.165, 1.54) is 49.9 Å². The molecule has 0 saturated carbocycles. The lowest BCUT2D eigenvalue weighted by Crippen LogP contribution is -2.20. The Morgan fingerprint density at radius 3 is 2.13 bits per heavy atom. The molecule has 0 fully saturated rings. The number of non-ortho nitro benzene ring substituents is 2. The van der Waals surface area contributed by atoms with Crippen LogP contribution in [0.4, 0.5) is 11.4 Å². The second-order valence-electron chi connectivity index (χ2n) is 6.20. The maximum absolute atomic E-state index is 11.9. The lowest BCUT2D eigenvalue weighted by atomic mass is 10.1. The molecular formula is C20H20N4O6. The van der Waals surface area contributed by atoms with Crippen molar-refractivity contribution in [2.45, 2.75) is 18.9 Å². The Morgan fingerprint density at radius 2 is 1.60 bits per heavy atom. The van der Waals surface area contributed by atoms with Gasteiger partial charge in [-0.3, -0.25) is 30.2 Å². The SMILES string of the molecule is COC(=O)[C@H](CCCN=Cc1cccc([N+](=O)[O-])c1)N=Cc1cccc([N+](=O)[O-])c1. The number of rotatable bonds is 10. The summed E-state index contributed by atoms with van der Waals surface area (Å²) in [5, 5.41) is 21.6. The minimum Gasteiger partial charge on any atom is -0.467 e. The van der Waals surface area contributed by atoms with Crippen LogP contribution in [-0.4, -0.2) is 47.9 Å². The number of carbonyl (C=O) groups is 1. The lowest BCUT2D eigenvalue weighted by molar-refractivity contribution is -0.385. The summed E-state index contributed by atoms with van der Waals surface area (Å²) in [6.07, 6.45) is 3.83. The number of esters is 1. The van der Waals surface area contributed by atoms with Crippen LogP contribution in [0.15, 0.2) is 58.5 Å². The standard InChI is InChI=1S/C20H20N4O6/c1-30-20(25)19(22-14-16-6-3-8-18(12-16)24(28)29)9-4-10-21-13-15-5-2-7-17(11-15)23(26)27/h2-3,5-8,11-14,19H,4,9-10H2,1H3/t19-/m0/s1. The minimum absolute atomic E-state index is 0.0137. The minimum atomic E-state index is -0.762. The van der Waals surface area contributed by atoms with E-state index in [2.05, 4.69) is 9.98 Å². The number of ether oxygens (including phenoxy) is 1. The Hall–Kier alpha value is -3.95. The van der Waals surface area contributed by atoms with Gasteiger partial charge in [0.05, 0.1) is 17.0 Å². The molecule has 0 bridgehead atoms. The Kier molecular flexibility index (Phi) is 8.30. The number of hydrogen-bond acceptors (Lipinski definition) is 8. The van der Waals surface area contributed by atoms with Gasteiger partial charge >= 0.3 is 5.97 Å². The highest BCUT2D eigenvalue weighted by atomic mass is 16.6. The molecule has 0 aliphatic heterocycles. The summed E-state index contributed by atoms with van der Waals surface area (Å²) in [5.41, 5.74) is 1.03. The van der Waals surface area contributed by atoms with E-state index in [9.17, 15) is 25.0 Å². The van der Waals surface area contributed by atoms with Gasteiger partial charge in [0.25, 0.3) is 11.4 Å². The zero-order valence-corrected chi connectivity index (χ0v) is 16.2. The number of nitro benzene ring substituents is 2. The van der Waals surface area contributed by atoms with Gasteiger partial charge in [-0.25, -0.2) is 4.79 Å². The molecule has 0 N–H and O–H groups in total. The van der Waals surface area contributed by atoms with Gasteiger partial charge in [0.1, 0.15) is 6.04 Å². The Bertz CT molecular complexity index is 973. The van der Waals surface area contributed by atoms with Crippen LogP contribution in [0.2, 0.25) is 0 Å². The van der Waals surface area contributed by atoms with Crippen molar-refractivity contribution in [1.29, 1.82) is 0 Å². The largest absolute Gasteiger partial charge is 0.467 e. The van der Waals surface area contributed by atoms with Crippen LogP contribution in [0.5, 0.6) is 0 Å². The van der Waals surface area contributed by atoms with Crippen LogP contribution >= 0.6 is 0 Å². The first-order valence-corrected chi connectivity index (χ1v) is 9.00. The third kappa shape index (κ3) is 6.89. The fourth-order valence-electron chi connectivity index (χ4n) is 2.55. The highest BCUT2D eigenvalue weighted by Gasteiger charge is 2.17. The molecule has 0 saturated heterocycles. The number of hydrogen-bond donors (Lipinski definition) is 0. The zero-order chi connectivity index (χ0) is 21.9. The van der Waals surface area contributed by atoms with Crippen molar-refractivity contribution in [3.8, 4) is 0 Å². The summed E-state index contributed by atoms with van der Waals surface area (Å²) in [6.45, 7) is 0.391. The first-order chi connectivity index (χ1) is 14.4. The van der Waals surface area contributed by atoms with Crippen LogP contribution in [0.1, 0.15) is 24.0 Å². The Morgan fingerprint density at radius 1 is 1.03 bits per heavy atom. The monoisotopic (exact) mass is 412 g/mol. The van der Waals surface area contributed by atoms with E-state index in [1.54, 1.807) is 18.2 Å². The fourth-order valence-corrected chi connectivity index (χ4v) is 2.55. The third-order valence-electron chi connectivity index (χ3n) is 4.04. The van der Waals surface area contributed by atoms with Crippen LogP contribution in [0.25, 0.3) is 0 Å². The van der Waals surface area contributed by atoms with Crippen molar-refractivity contribution < 1.29 is 19.4 Å². The van der Waals surface area contributed by atoms with Crippen LogP contribution in [0, 0.1) is 20.2 Å². The Labute approximate surface area is 172 Å². The quantitative estimate of drug-likeness (QED) is 0.193. The van der Waals surface area contributed by atoms with Gasteiger partial charge in [-0.15, -0.1) is 0 Å². The van der Waals surface area contributed by atoms with E-state index in [0.29, 0.717) is 30.5 Å². The normalized spacial score (nSPS) is 12.2. The van der Waals surface area contributed by atoms with Crippen molar-refractivity contribution in [1.82, 2.24) is 0 Å². The average Bonchev–Trinajstić information content (AvgIpc) is 2.75. The predicted octanol–water partition coefficient (Wildman–Crippen LogP) is 3.36. The van der Waals surface area contributed by atoms with E-state index < -0.39 is 21.9 Å². The van der Waals surface area contributed by atoms with E-state index in [0.717, 1.165) is 0 Å². The van der Waals surface area contributed by atoms with Crippen molar-refractivity contribution in [2.24, 2.45) is 9.98 Å². The summed E-state index contributed by atoms with van der Waals surface area (Å²) >= 11 is 0. The van der Waals surface area contributed by atoms with E-state index in [1.807, 2.05) is 0 Å². The van der Waals surface area contributed by atoms with Gasteiger partial charge in [0, 0.05) is 43.2 Å². The first kappa shape index (κ1) is 22.3. The number of carbonyl (C=O) groups excluding carboxylic acids is 1. The maximum atomic E-state index is 11.9. The molecule has 0 unspecified atom stereocenters. The number of benzene rings is 2. The summed E-state index contributed by atoms with van der Waals surface area (Å²) in [5.74, 6) is -0.514. The topological polar surface area (TPSA) is 137 Å². The molecule has 0 heterocycles. The number of aliphatic imine (C=N–C) groups is 2. The molecule has 10 nitrogen and oxygen atoms in total. The third-order valence-corrected chi connectivity index (χ3v) is 4.04. The van der Waals surface area contributed by atoms with Gasteiger partial charge in [-0.2, -0.15) is 0 Å². The smallest absolute Gasteiger partial charge is 0.330 e. The fraction of sp³-hybridized carbons (Fsp3) is 0.250. The van der Waals surface area contributed by atoms with Gasteiger partial charge in [-0.1, -0.05) is 24.3 Å². The molecule has 0 spiro atoms. The van der Waals surface area contributed by atoms with E-state index in [4.69, 9.17) is 4.74 Å². The molecule has 0 aliphatic carbocycles. The molecule has 2 rings (SSSR count). The van der Waals surface area contributed by atoms with E-state index in [-0.39, 0.29) is 11.4 Å². The molecule has 10 heteroatoms. The van der Waals surface area contributed by atoms with Crippen molar-refractivity contribution >= 4 is 29.8 Å². The molecule has 156 valence electrons. The number of methoxy groups -OCH3 is 1. The molecule has 0 amide bonds. The van der Waals surface area contributed by atoms with Gasteiger partial charge in [0.2, 0.25) is 0 Å². The Balaban J connectivity index is 1.94. The number of nitro groups is 2. The van der Waals surface area contributed by atoms with Crippen LogP contribution < -0.4 is 0 Å². The summed E-state index contributed by atoms with van der Waals surface area (Å²) in [7, 11) is 1.26. The average molecular weight is 412 g/mol. The molecule has 0 aromatic heterocycles. The van der Waals surface area contributed by atoms with Crippen LogP contribution in [0.3, 0.4) is 0 Å².